The van der Waals surface area contributed by atoms with Gasteiger partial charge in [0.1, 0.15) is 23.9 Å². The Balaban J connectivity index is 1.37. The van der Waals surface area contributed by atoms with Crippen molar-refractivity contribution in [2.45, 2.75) is 122 Å². The maximum absolute atomic E-state index is 15.5. The lowest BCUT2D eigenvalue weighted by atomic mass is 9.44. The Morgan fingerprint density at radius 1 is 0.859 bits per heavy atom. The minimum absolute atomic E-state index is 0.00154. The van der Waals surface area contributed by atoms with Gasteiger partial charge in [0.2, 0.25) is 0 Å². The van der Waals surface area contributed by atoms with Gasteiger partial charge in [0.15, 0.2) is 23.6 Å². The number of hydrogen-bond donors (Lipinski definition) is 4. The molecule has 1 amide bonds. The molecule has 2 bridgehead atoms. The molecule has 11 atom stereocenters. The lowest BCUT2D eigenvalue weighted by Gasteiger charge is -2.67. The SMILES string of the molecule is CCc1ccc(C(=O)N[C@@H](c2ccccc2)[C@@H](O)C(=O)O[C@H]2C[C@@]3(O)[C@@H](OC(=O)c4ccccc4)[C@@H]4[C@]5(OC(C)=O)CO[C@@H]5C[C@H](O)[C@@]4(C)C(=O)[C@H](OC(C)=O)C(=C2C)C3(C)C)cc1. The summed E-state index contributed by atoms with van der Waals surface area (Å²) in [5.41, 5.74) is -6.00. The molecular weight excluding hydrogens is 827 g/mol. The Kier molecular flexibility index (Phi) is 12.5. The van der Waals surface area contributed by atoms with E-state index in [1.54, 1.807) is 86.6 Å². The molecule has 0 aromatic heterocycles. The molecule has 0 spiro atoms. The summed E-state index contributed by atoms with van der Waals surface area (Å²) in [6.07, 6.45) is -9.78. The van der Waals surface area contributed by atoms with Crippen molar-refractivity contribution >= 4 is 35.6 Å². The number of fused-ring (bicyclic) bond motifs is 5. The monoisotopic (exact) mass is 881 g/mol. The molecule has 3 fully saturated rings. The van der Waals surface area contributed by atoms with Crippen molar-refractivity contribution in [1.82, 2.24) is 5.32 Å². The predicted molar refractivity (Wildman–Crippen MR) is 227 cm³/mol. The lowest BCUT2D eigenvalue weighted by Crippen LogP contribution is -2.82. The van der Waals surface area contributed by atoms with Crippen LogP contribution in [0.5, 0.6) is 0 Å². The first-order valence-electron chi connectivity index (χ1n) is 21.4. The Bertz CT molecular complexity index is 2350. The molecule has 0 unspecified atom stereocenters. The van der Waals surface area contributed by atoms with Crippen molar-refractivity contribution in [3.63, 3.8) is 0 Å². The van der Waals surface area contributed by atoms with Gasteiger partial charge >= 0.3 is 23.9 Å². The number of hydrogen-bond acceptors (Lipinski definition) is 14. The van der Waals surface area contributed by atoms with Crippen molar-refractivity contribution in [3.05, 3.63) is 118 Å². The van der Waals surface area contributed by atoms with Crippen LogP contribution in [0.3, 0.4) is 0 Å². The fourth-order valence-corrected chi connectivity index (χ4v) is 10.5. The van der Waals surface area contributed by atoms with Crippen LogP contribution in [0.1, 0.15) is 99.2 Å². The number of Topliss-reactive ketones (excluding diaryl/α,β-unsaturated/α-hetero) is 1. The zero-order valence-corrected chi connectivity index (χ0v) is 36.9. The molecule has 1 saturated heterocycles. The number of aliphatic hydroxyl groups is 3. The van der Waals surface area contributed by atoms with E-state index in [9.17, 15) is 39.3 Å². The first-order chi connectivity index (χ1) is 30.2. The molecule has 4 N–H and O–H groups in total. The summed E-state index contributed by atoms with van der Waals surface area (Å²) in [6, 6.07) is 21.7. The van der Waals surface area contributed by atoms with E-state index in [0.29, 0.717) is 5.56 Å². The largest absolute Gasteiger partial charge is 0.456 e. The summed E-state index contributed by atoms with van der Waals surface area (Å²) >= 11 is 0. The highest BCUT2D eigenvalue weighted by Crippen LogP contribution is 2.64. The van der Waals surface area contributed by atoms with Gasteiger partial charge in [-0.05, 0) is 66.8 Å². The molecule has 7 rings (SSSR count). The molecule has 340 valence electrons. The number of aliphatic hydroxyl groups excluding tert-OH is 2. The number of amides is 1. The van der Waals surface area contributed by atoms with E-state index in [-0.39, 0.29) is 35.3 Å². The summed E-state index contributed by atoms with van der Waals surface area (Å²) < 4.78 is 30.4. The summed E-state index contributed by atoms with van der Waals surface area (Å²) in [7, 11) is 0. The van der Waals surface area contributed by atoms with Gasteiger partial charge in [-0.15, -0.1) is 0 Å². The zero-order chi connectivity index (χ0) is 46.5. The van der Waals surface area contributed by atoms with Gasteiger partial charge in [-0.2, -0.15) is 0 Å². The highest BCUT2D eigenvalue weighted by molar-refractivity contribution is 5.96. The molecule has 3 aliphatic carbocycles. The minimum atomic E-state index is -2.39. The third kappa shape index (κ3) is 7.71. The highest BCUT2D eigenvalue weighted by atomic mass is 16.6. The van der Waals surface area contributed by atoms with Crippen LogP contribution in [0, 0.1) is 16.7 Å². The lowest BCUT2D eigenvalue weighted by molar-refractivity contribution is -0.346. The van der Waals surface area contributed by atoms with Crippen LogP contribution in [0.25, 0.3) is 0 Å². The molecule has 4 aliphatic rings. The fraction of sp³-hybridized carbons (Fsp3) is 0.469. The molecular formula is C49H55NO14. The number of nitrogens with one attached hydrogen (secondary N) is 1. The van der Waals surface area contributed by atoms with Crippen LogP contribution < -0.4 is 5.32 Å². The van der Waals surface area contributed by atoms with Gasteiger partial charge in [0.25, 0.3) is 5.91 Å². The van der Waals surface area contributed by atoms with Crippen LogP contribution in [0.15, 0.2) is 96.1 Å². The Hall–Kier alpha value is -5.74. The van der Waals surface area contributed by atoms with Crippen LogP contribution in [-0.4, -0.2) is 105 Å². The van der Waals surface area contributed by atoms with Crippen LogP contribution in [0.2, 0.25) is 0 Å². The normalized spacial score (nSPS) is 31.2. The van der Waals surface area contributed by atoms with Crippen LogP contribution in [-0.2, 0) is 49.3 Å². The molecule has 1 aliphatic heterocycles. The van der Waals surface area contributed by atoms with Crippen LogP contribution in [0.4, 0.5) is 0 Å². The molecule has 0 radical (unpaired) electrons. The Morgan fingerprint density at radius 3 is 2.05 bits per heavy atom. The second-order valence-corrected chi connectivity index (χ2v) is 18.0. The van der Waals surface area contributed by atoms with Gasteiger partial charge in [-0.3, -0.25) is 19.2 Å². The van der Waals surface area contributed by atoms with E-state index in [2.05, 4.69) is 5.32 Å². The van der Waals surface area contributed by atoms with E-state index in [1.165, 1.54) is 26.0 Å². The van der Waals surface area contributed by atoms with E-state index < -0.39 is 113 Å². The third-order valence-electron chi connectivity index (χ3n) is 14.1. The number of benzene rings is 3. The van der Waals surface area contributed by atoms with Gasteiger partial charge in [-0.1, -0.05) is 81.4 Å². The summed E-state index contributed by atoms with van der Waals surface area (Å²) in [5, 5.41) is 40.4. The van der Waals surface area contributed by atoms with Crippen LogP contribution >= 0.6 is 0 Å². The maximum Gasteiger partial charge on any atom is 0.338 e. The Morgan fingerprint density at radius 2 is 1.48 bits per heavy atom. The number of aryl methyl sites for hydroxylation is 1. The zero-order valence-electron chi connectivity index (χ0n) is 36.9. The standard InChI is InChI=1S/C49H55NO14/c1-8-29-19-21-31(22-20-29)43(56)50-37(30-15-11-9-12-16-30)38(54)45(58)62-33-24-49(59)42(63-44(57)32-17-13-10-14-18-32)40-47(7,34(53)23-35-48(40,25-60-35)64-28(4)52)41(55)39(61-27(3)51)36(26(33)2)46(49,5)6/h9-22,33-35,37-40,42,53-54,59H,8,23-25H2,1-7H3,(H,50,56)/t33-,34-,35+,37-,38+,39+,40-,42-,47+,48-,49+/m0/s1. The first kappa shape index (κ1) is 46.3. The summed E-state index contributed by atoms with van der Waals surface area (Å²) in [5.74, 6) is -6.83. The average molecular weight is 882 g/mol. The van der Waals surface area contributed by atoms with Gasteiger partial charge in [-0.25, -0.2) is 9.59 Å². The quantitative estimate of drug-likeness (QED) is 0.120. The number of esters is 4. The van der Waals surface area contributed by atoms with Crippen molar-refractivity contribution < 1.29 is 67.8 Å². The Labute approximate surface area is 371 Å². The molecule has 15 nitrogen and oxygen atoms in total. The molecule has 2 saturated carbocycles. The first-order valence-corrected chi connectivity index (χ1v) is 21.4. The number of carbonyl (C=O) groups is 6. The predicted octanol–water partition coefficient (Wildman–Crippen LogP) is 4.30. The van der Waals surface area contributed by atoms with E-state index in [4.69, 9.17) is 23.7 Å². The third-order valence-corrected chi connectivity index (χ3v) is 14.1. The topological polar surface area (TPSA) is 221 Å². The molecule has 1 heterocycles. The van der Waals surface area contributed by atoms with Crippen molar-refractivity contribution in [3.8, 4) is 0 Å². The smallest absolute Gasteiger partial charge is 0.338 e. The number of ether oxygens (including phenoxy) is 5. The number of carbonyl (C=O) groups excluding carboxylic acids is 6. The average Bonchev–Trinajstić information content (AvgIpc) is 3.26. The van der Waals surface area contributed by atoms with E-state index in [1.807, 2.05) is 6.92 Å². The molecule has 3 aromatic carbocycles. The second-order valence-electron chi connectivity index (χ2n) is 18.0. The van der Waals surface area contributed by atoms with Crippen molar-refractivity contribution in [1.29, 1.82) is 0 Å². The minimum Gasteiger partial charge on any atom is -0.456 e. The maximum atomic E-state index is 15.5. The van der Waals surface area contributed by atoms with E-state index >= 15 is 4.79 Å². The van der Waals surface area contributed by atoms with Gasteiger partial charge < -0.3 is 44.3 Å². The summed E-state index contributed by atoms with van der Waals surface area (Å²) in [4.78, 5) is 83.9. The van der Waals surface area contributed by atoms with Gasteiger partial charge in [0, 0.05) is 37.7 Å². The number of rotatable bonds is 11. The van der Waals surface area contributed by atoms with Gasteiger partial charge in [0.05, 0.1) is 35.6 Å². The fourth-order valence-electron chi connectivity index (χ4n) is 10.5. The van der Waals surface area contributed by atoms with Crippen molar-refractivity contribution in [2.24, 2.45) is 16.7 Å². The second kappa shape index (κ2) is 17.3. The van der Waals surface area contributed by atoms with Crippen molar-refractivity contribution in [2.75, 3.05) is 6.61 Å². The highest BCUT2D eigenvalue weighted by Gasteiger charge is 2.78. The van der Waals surface area contributed by atoms with E-state index in [0.717, 1.165) is 25.8 Å². The molecule has 3 aromatic rings. The number of ketones is 1. The molecule has 15 heteroatoms. The molecule has 64 heavy (non-hydrogen) atoms. The summed E-state index contributed by atoms with van der Waals surface area (Å²) in [6.45, 7) is 9.97.